The van der Waals surface area contributed by atoms with Crippen LogP contribution < -0.4 is 0 Å². The highest BCUT2D eigenvalue weighted by Gasteiger charge is 2.55. The maximum atomic E-state index is 9.14. The van der Waals surface area contributed by atoms with Crippen molar-refractivity contribution in [2.45, 2.75) is 18.8 Å². The van der Waals surface area contributed by atoms with E-state index in [1.54, 1.807) is 0 Å². The van der Waals surface area contributed by atoms with Crippen molar-refractivity contribution in [3.63, 3.8) is 0 Å². The van der Waals surface area contributed by atoms with Gasteiger partial charge in [0.25, 0.3) is 0 Å². The molecule has 1 aliphatic rings. The second-order valence-corrected chi connectivity index (χ2v) is 4.04. The SMILES string of the molecule is Cc1cccc(C2(C#N)CC2CO)c1. The third-order valence-corrected chi connectivity index (χ3v) is 3.06. The Balaban J connectivity index is 2.36. The Morgan fingerprint density at radius 2 is 2.43 bits per heavy atom. The first kappa shape index (κ1) is 9.23. The van der Waals surface area contributed by atoms with Crippen molar-refractivity contribution in [1.29, 1.82) is 5.26 Å². The van der Waals surface area contributed by atoms with E-state index in [1.807, 2.05) is 31.2 Å². The van der Waals surface area contributed by atoms with Crippen LogP contribution in [0.4, 0.5) is 0 Å². The normalized spacial score (nSPS) is 29.6. The first-order chi connectivity index (χ1) is 6.73. The molecular formula is C12H13NO. The fraction of sp³-hybridized carbons (Fsp3) is 0.417. The Labute approximate surface area is 83.8 Å². The molecule has 2 atom stereocenters. The van der Waals surface area contributed by atoms with Crippen LogP contribution in [0.5, 0.6) is 0 Å². The minimum absolute atomic E-state index is 0.113. The van der Waals surface area contributed by atoms with Crippen LogP contribution in [0.2, 0.25) is 0 Å². The molecule has 2 nitrogen and oxygen atoms in total. The molecule has 0 radical (unpaired) electrons. The van der Waals surface area contributed by atoms with E-state index in [4.69, 9.17) is 10.4 Å². The molecule has 1 saturated carbocycles. The number of aliphatic hydroxyl groups excluding tert-OH is 1. The highest BCUT2D eigenvalue weighted by molar-refractivity contribution is 5.42. The summed E-state index contributed by atoms with van der Waals surface area (Å²) in [6.07, 6.45) is 0.795. The topological polar surface area (TPSA) is 44.0 Å². The van der Waals surface area contributed by atoms with Crippen LogP contribution in [0.15, 0.2) is 24.3 Å². The third kappa shape index (κ3) is 1.21. The monoisotopic (exact) mass is 187 g/mol. The average molecular weight is 187 g/mol. The highest BCUT2D eigenvalue weighted by atomic mass is 16.3. The van der Waals surface area contributed by atoms with Crippen molar-refractivity contribution in [2.75, 3.05) is 6.61 Å². The molecular weight excluding hydrogens is 174 g/mol. The van der Waals surface area contributed by atoms with Gasteiger partial charge < -0.3 is 5.11 Å². The molecule has 0 aromatic heterocycles. The fourth-order valence-corrected chi connectivity index (χ4v) is 2.03. The van der Waals surface area contributed by atoms with Crippen molar-refractivity contribution >= 4 is 0 Å². The molecule has 0 aliphatic heterocycles. The predicted molar refractivity (Wildman–Crippen MR) is 53.7 cm³/mol. The zero-order chi connectivity index (χ0) is 10.2. The summed E-state index contributed by atoms with van der Waals surface area (Å²) in [7, 11) is 0. The minimum atomic E-state index is -0.402. The Morgan fingerprint density at radius 3 is 2.93 bits per heavy atom. The van der Waals surface area contributed by atoms with Gasteiger partial charge >= 0.3 is 0 Å². The first-order valence-electron chi connectivity index (χ1n) is 4.82. The number of hydrogen-bond acceptors (Lipinski definition) is 2. The van der Waals surface area contributed by atoms with Gasteiger partial charge in [-0.1, -0.05) is 29.8 Å². The van der Waals surface area contributed by atoms with Crippen molar-refractivity contribution in [3.05, 3.63) is 35.4 Å². The molecule has 1 aromatic rings. The predicted octanol–water partition coefficient (Wildman–Crippen LogP) is 1.77. The van der Waals surface area contributed by atoms with E-state index in [9.17, 15) is 0 Å². The van der Waals surface area contributed by atoms with Crippen molar-refractivity contribution in [1.82, 2.24) is 0 Å². The van der Waals surface area contributed by atoms with Crippen LogP contribution in [0.3, 0.4) is 0 Å². The van der Waals surface area contributed by atoms with Gasteiger partial charge in [-0.2, -0.15) is 5.26 Å². The maximum absolute atomic E-state index is 9.14. The van der Waals surface area contributed by atoms with Crippen LogP contribution in [-0.2, 0) is 5.41 Å². The van der Waals surface area contributed by atoms with E-state index >= 15 is 0 Å². The first-order valence-corrected chi connectivity index (χ1v) is 4.82. The smallest absolute Gasteiger partial charge is 0.0877 e. The Bertz CT molecular complexity index is 394. The third-order valence-electron chi connectivity index (χ3n) is 3.06. The Morgan fingerprint density at radius 1 is 1.64 bits per heavy atom. The molecule has 72 valence electrons. The molecule has 1 fully saturated rings. The molecule has 2 rings (SSSR count). The van der Waals surface area contributed by atoms with E-state index in [1.165, 1.54) is 5.56 Å². The molecule has 1 aliphatic carbocycles. The number of hydrogen-bond donors (Lipinski definition) is 1. The molecule has 14 heavy (non-hydrogen) atoms. The van der Waals surface area contributed by atoms with Gasteiger partial charge in [-0.25, -0.2) is 0 Å². The molecule has 0 spiro atoms. The van der Waals surface area contributed by atoms with Crippen LogP contribution >= 0.6 is 0 Å². The molecule has 1 aromatic carbocycles. The summed E-state index contributed by atoms with van der Waals surface area (Å²) in [6.45, 7) is 2.13. The summed E-state index contributed by atoms with van der Waals surface area (Å²) < 4.78 is 0. The largest absolute Gasteiger partial charge is 0.396 e. The number of rotatable bonds is 2. The summed E-state index contributed by atoms with van der Waals surface area (Å²) in [6, 6.07) is 10.3. The van der Waals surface area contributed by atoms with Gasteiger partial charge in [0.1, 0.15) is 0 Å². The van der Waals surface area contributed by atoms with Gasteiger partial charge in [0.15, 0.2) is 0 Å². The van der Waals surface area contributed by atoms with Gasteiger partial charge in [-0.15, -0.1) is 0 Å². The summed E-state index contributed by atoms with van der Waals surface area (Å²) in [5, 5.41) is 18.2. The molecule has 0 heterocycles. The van der Waals surface area contributed by atoms with Crippen LogP contribution in [0.25, 0.3) is 0 Å². The highest BCUT2D eigenvalue weighted by Crippen LogP contribution is 2.53. The zero-order valence-corrected chi connectivity index (χ0v) is 8.20. The van der Waals surface area contributed by atoms with E-state index in [0.717, 1.165) is 12.0 Å². The quantitative estimate of drug-likeness (QED) is 0.766. The van der Waals surface area contributed by atoms with Gasteiger partial charge in [-0.05, 0) is 18.9 Å². The summed E-state index contributed by atoms with van der Waals surface area (Å²) in [5.74, 6) is 0.134. The van der Waals surface area contributed by atoms with Crippen LogP contribution in [0, 0.1) is 24.2 Å². The summed E-state index contributed by atoms with van der Waals surface area (Å²) in [5.41, 5.74) is 1.82. The van der Waals surface area contributed by atoms with Crippen molar-refractivity contribution in [3.8, 4) is 6.07 Å². The van der Waals surface area contributed by atoms with E-state index in [0.29, 0.717) is 0 Å². The number of nitriles is 1. The number of aryl methyl sites for hydroxylation is 1. The fourth-order valence-electron chi connectivity index (χ4n) is 2.03. The number of benzene rings is 1. The zero-order valence-electron chi connectivity index (χ0n) is 8.20. The van der Waals surface area contributed by atoms with Crippen LogP contribution in [0.1, 0.15) is 17.5 Å². The van der Waals surface area contributed by atoms with Gasteiger partial charge in [0, 0.05) is 12.5 Å². The lowest BCUT2D eigenvalue weighted by atomic mass is 9.94. The second kappa shape index (κ2) is 3.11. The minimum Gasteiger partial charge on any atom is -0.396 e. The van der Waals surface area contributed by atoms with Crippen molar-refractivity contribution in [2.24, 2.45) is 5.92 Å². The number of nitrogens with zero attached hydrogens (tertiary/aromatic N) is 1. The lowest BCUT2D eigenvalue weighted by Gasteiger charge is -2.08. The van der Waals surface area contributed by atoms with Gasteiger partial charge in [-0.3, -0.25) is 0 Å². The summed E-state index contributed by atoms with van der Waals surface area (Å²) in [4.78, 5) is 0. The Kier molecular flexibility index (Phi) is 2.05. The molecule has 0 amide bonds. The molecule has 1 N–H and O–H groups in total. The van der Waals surface area contributed by atoms with E-state index < -0.39 is 5.41 Å². The molecule has 2 unspecified atom stereocenters. The van der Waals surface area contributed by atoms with E-state index in [2.05, 4.69) is 6.07 Å². The van der Waals surface area contributed by atoms with E-state index in [-0.39, 0.29) is 12.5 Å². The average Bonchev–Trinajstić information content (AvgIpc) is 2.93. The lowest BCUT2D eigenvalue weighted by Crippen LogP contribution is -2.09. The molecule has 0 bridgehead atoms. The second-order valence-electron chi connectivity index (χ2n) is 4.04. The van der Waals surface area contributed by atoms with Gasteiger partial charge in [0.05, 0.1) is 11.5 Å². The lowest BCUT2D eigenvalue weighted by molar-refractivity contribution is 0.269. The molecule has 0 saturated heterocycles. The van der Waals surface area contributed by atoms with Gasteiger partial charge in [0.2, 0.25) is 0 Å². The number of aliphatic hydroxyl groups is 1. The maximum Gasteiger partial charge on any atom is 0.0877 e. The molecule has 2 heteroatoms. The van der Waals surface area contributed by atoms with Crippen LogP contribution in [-0.4, -0.2) is 11.7 Å². The Hall–Kier alpha value is -1.33. The van der Waals surface area contributed by atoms with Crippen molar-refractivity contribution < 1.29 is 5.11 Å². The standard InChI is InChI=1S/C12H13NO/c1-9-3-2-4-10(5-9)12(8-13)6-11(12)7-14/h2-5,11,14H,6-7H2,1H3. The summed E-state index contributed by atoms with van der Waals surface area (Å²) >= 11 is 0.